The first kappa shape index (κ1) is 48.8. The third-order valence-electron chi connectivity index (χ3n) is 11.7. The summed E-state index contributed by atoms with van der Waals surface area (Å²) in [5.74, 6) is -0.661. The Bertz CT molecular complexity index is 2560. The van der Waals surface area contributed by atoms with E-state index < -0.39 is 39.5 Å². The Kier molecular flexibility index (Phi) is 16.1. The number of amides is 3. The molecule has 2 aliphatic heterocycles. The lowest BCUT2D eigenvalue weighted by molar-refractivity contribution is -0.144. The number of rotatable bonds is 20. The number of likely N-dealkylation sites (tertiary alicyclic amines) is 1. The van der Waals surface area contributed by atoms with Gasteiger partial charge in [-0.05, 0) is 59.5 Å². The second-order valence-electron chi connectivity index (χ2n) is 18.0. The van der Waals surface area contributed by atoms with Crippen molar-refractivity contribution in [3.05, 3.63) is 103 Å². The molecule has 18 nitrogen and oxygen atoms in total. The van der Waals surface area contributed by atoms with E-state index in [0.717, 1.165) is 72.7 Å². The van der Waals surface area contributed by atoms with Crippen LogP contribution in [0.15, 0.2) is 97.2 Å². The molecule has 67 heavy (non-hydrogen) atoms. The molecule has 4 heterocycles. The number of fused-ring (bicyclic) bond motifs is 1. The van der Waals surface area contributed by atoms with Gasteiger partial charge in [0.2, 0.25) is 33.7 Å². The highest BCUT2D eigenvalue weighted by Gasteiger charge is 2.44. The van der Waals surface area contributed by atoms with Gasteiger partial charge in [-0.25, -0.2) is 17.9 Å². The topological polar surface area (TPSA) is 212 Å². The smallest absolute Gasteiger partial charge is 0.246 e. The Morgan fingerprint density at radius 3 is 2.31 bits per heavy atom. The summed E-state index contributed by atoms with van der Waals surface area (Å²) < 4.78 is 39.4. The maximum atomic E-state index is 13.8. The molecule has 3 aromatic carbocycles. The van der Waals surface area contributed by atoms with Gasteiger partial charge in [-0.1, -0.05) is 63.2 Å². The minimum absolute atomic E-state index is 0.0162. The lowest BCUT2D eigenvalue weighted by Crippen LogP contribution is -2.57. The number of anilines is 4. The van der Waals surface area contributed by atoms with Gasteiger partial charge < -0.3 is 40.3 Å². The Morgan fingerprint density at radius 1 is 0.866 bits per heavy atom. The van der Waals surface area contributed by atoms with E-state index in [0.29, 0.717) is 38.0 Å². The summed E-state index contributed by atoms with van der Waals surface area (Å²) >= 11 is 0. The molecule has 358 valence electrons. The average Bonchev–Trinajstić information content (AvgIpc) is 3.91. The van der Waals surface area contributed by atoms with Gasteiger partial charge in [0, 0.05) is 81.3 Å². The van der Waals surface area contributed by atoms with Crippen molar-refractivity contribution in [3.63, 3.8) is 0 Å². The van der Waals surface area contributed by atoms with Gasteiger partial charge in [-0.3, -0.25) is 24.0 Å². The van der Waals surface area contributed by atoms with E-state index in [2.05, 4.69) is 47.6 Å². The second-order valence-corrected chi connectivity index (χ2v) is 19.8. The number of hydrogen-bond donors (Lipinski definition) is 5. The molecule has 5 aromatic rings. The molecule has 7 rings (SSSR count). The van der Waals surface area contributed by atoms with Crippen molar-refractivity contribution in [2.75, 3.05) is 86.9 Å². The maximum Gasteiger partial charge on any atom is 0.246 e. The number of ether oxygens (including phenoxy) is 2. The summed E-state index contributed by atoms with van der Waals surface area (Å²) in [4.78, 5) is 50.6. The van der Waals surface area contributed by atoms with Gasteiger partial charge >= 0.3 is 0 Å². The minimum atomic E-state index is -3.41. The molecule has 2 aromatic heterocycles. The van der Waals surface area contributed by atoms with Crippen LogP contribution in [0.4, 0.5) is 23.0 Å². The average molecular weight is 939 g/mol. The molecule has 0 unspecified atom stereocenters. The van der Waals surface area contributed by atoms with E-state index in [1.54, 1.807) is 28.9 Å². The van der Waals surface area contributed by atoms with Crippen molar-refractivity contribution in [2.24, 2.45) is 5.41 Å². The largest absolute Gasteiger partial charge is 0.391 e. The van der Waals surface area contributed by atoms with E-state index in [1.807, 2.05) is 81.4 Å². The SMILES string of the molecule is CC(C)(C)[C@H](NC(=O)CCOCCOCCN1CCN(c2ccc(Nc3ncc4ccc(-c5cccc(NS(C)(=O)=O)c5)n4n3)cc2)CC1)C(=O)N1C[C@H](O)C[C@H]1C(=O)NCc1ccccc1. The number of benzene rings is 3. The number of nitrogens with one attached hydrogen (secondary N) is 4. The van der Waals surface area contributed by atoms with Crippen molar-refractivity contribution in [3.8, 4) is 11.3 Å². The number of nitrogens with zero attached hydrogens (tertiary/aromatic N) is 6. The van der Waals surface area contributed by atoms with E-state index >= 15 is 0 Å². The van der Waals surface area contributed by atoms with Gasteiger partial charge in [-0.15, -0.1) is 5.10 Å². The first-order valence-electron chi connectivity index (χ1n) is 22.6. The number of β-amino-alcohol motifs (C(OH)–C–C–N with tert-alkyl or cyclic N) is 1. The second kappa shape index (κ2) is 22.1. The first-order valence-corrected chi connectivity index (χ1v) is 24.5. The van der Waals surface area contributed by atoms with Crippen LogP contribution in [0.25, 0.3) is 16.8 Å². The van der Waals surface area contributed by atoms with Crippen LogP contribution in [0.5, 0.6) is 0 Å². The molecule has 0 aliphatic carbocycles. The van der Waals surface area contributed by atoms with E-state index in [4.69, 9.17) is 14.6 Å². The zero-order valence-corrected chi connectivity index (χ0v) is 39.4. The molecule has 3 amide bonds. The molecule has 19 heteroatoms. The fraction of sp³-hybridized carbons (Fsp3) is 0.438. The quantitative estimate of drug-likeness (QED) is 0.0703. The Hall–Kier alpha value is -6.12. The lowest BCUT2D eigenvalue weighted by atomic mass is 9.85. The van der Waals surface area contributed by atoms with Gasteiger partial charge in [0.15, 0.2) is 0 Å². The number of aliphatic hydroxyl groups is 1. The summed E-state index contributed by atoms with van der Waals surface area (Å²) in [6.45, 7) is 11.7. The molecule has 5 N–H and O–H groups in total. The van der Waals surface area contributed by atoms with Crippen molar-refractivity contribution < 1.29 is 37.4 Å². The fourth-order valence-corrected chi connectivity index (χ4v) is 8.74. The predicted octanol–water partition coefficient (Wildman–Crippen LogP) is 3.87. The number of aromatic nitrogens is 3. The Morgan fingerprint density at radius 2 is 1.60 bits per heavy atom. The Labute approximate surface area is 392 Å². The first-order chi connectivity index (χ1) is 32.1. The number of carbonyl (C=O) groups excluding carboxylic acids is 3. The van der Waals surface area contributed by atoms with Crippen LogP contribution < -0.4 is 25.6 Å². The number of piperazine rings is 1. The number of sulfonamides is 1. The monoisotopic (exact) mass is 938 g/mol. The molecular weight excluding hydrogens is 877 g/mol. The number of carbonyl (C=O) groups is 3. The molecule has 2 saturated heterocycles. The van der Waals surface area contributed by atoms with Gasteiger partial charge in [0.05, 0.1) is 56.2 Å². The maximum absolute atomic E-state index is 13.8. The standard InChI is InChI=1S/C48H62N10O8S/c1-48(2,3)44(46(62)57-33-40(59)30-42(57)45(61)49-31-34-9-6-5-7-10-34)52-43(60)19-25-65-27-28-66-26-24-55-20-22-56(23-21-55)38-15-13-36(14-16-38)51-47-50-32-39-17-18-41(58(39)53-47)35-11-8-12-37(29-35)54-67(4,63)64/h5-18,29,32,40,42,44,54,59H,19-28,30-31,33H2,1-4H3,(H,49,61)(H,51,53)(H,52,60)/t40-,42+,44-/m1/s1. The van der Waals surface area contributed by atoms with Gasteiger partial charge in [0.25, 0.3) is 0 Å². The van der Waals surface area contributed by atoms with Crippen LogP contribution in [0.3, 0.4) is 0 Å². The number of hydrogen-bond acceptors (Lipinski definition) is 13. The van der Waals surface area contributed by atoms with Crippen molar-refractivity contribution in [2.45, 2.75) is 58.3 Å². The van der Waals surface area contributed by atoms with Crippen LogP contribution in [-0.4, -0.2) is 146 Å². The molecule has 0 bridgehead atoms. The van der Waals surface area contributed by atoms with E-state index in [-0.39, 0.29) is 37.8 Å². The highest BCUT2D eigenvalue weighted by molar-refractivity contribution is 7.92. The van der Waals surface area contributed by atoms with Crippen LogP contribution in [-0.2, 0) is 40.4 Å². The van der Waals surface area contributed by atoms with Crippen LogP contribution in [0.1, 0.15) is 39.2 Å². The van der Waals surface area contributed by atoms with Gasteiger partial charge in [-0.2, -0.15) is 0 Å². The summed E-state index contributed by atoms with van der Waals surface area (Å²) in [6, 6.07) is 26.9. The predicted molar refractivity (Wildman–Crippen MR) is 257 cm³/mol. The molecule has 2 aliphatic rings. The normalized spacial score (nSPS) is 17.3. The summed E-state index contributed by atoms with van der Waals surface area (Å²) in [5, 5.41) is 24.2. The Balaban J connectivity index is 0.776. The molecule has 2 fully saturated rings. The summed E-state index contributed by atoms with van der Waals surface area (Å²) in [5.41, 5.74) is 5.11. The minimum Gasteiger partial charge on any atom is -0.391 e. The molecule has 0 radical (unpaired) electrons. The number of aliphatic hydroxyl groups excluding tert-OH is 1. The molecule has 0 saturated carbocycles. The zero-order chi connectivity index (χ0) is 47.6. The molecular formula is C48H62N10O8S. The third kappa shape index (κ3) is 13.7. The molecule has 3 atom stereocenters. The van der Waals surface area contributed by atoms with Crippen molar-refractivity contribution >= 4 is 56.3 Å². The fourth-order valence-electron chi connectivity index (χ4n) is 8.18. The highest BCUT2D eigenvalue weighted by atomic mass is 32.2. The summed E-state index contributed by atoms with van der Waals surface area (Å²) in [6.07, 6.45) is 2.20. The van der Waals surface area contributed by atoms with Crippen molar-refractivity contribution in [1.82, 2.24) is 35.0 Å². The lowest BCUT2D eigenvalue weighted by Gasteiger charge is -2.36. The van der Waals surface area contributed by atoms with Crippen LogP contribution >= 0.6 is 0 Å². The van der Waals surface area contributed by atoms with Crippen LogP contribution in [0, 0.1) is 5.41 Å². The molecule has 0 spiro atoms. The zero-order valence-electron chi connectivity index (χ0n) is 38.6. The highest BCUT2D eigenvalue weighted by Crippen LogP contribution is 2.28. The third-order valence-corrected chi connectivity index (χ3v) is 12.3. The van der Waals surface area contributed by atoms with E-state index in [9.17, 15) is 27.9 Å². The van der Waals surface area contributed by atoms with E-state index in [1.165, 1.54) is 4.90 Å². The summed E-state index contributed by atoms with van der Waals surface area (Å²) in [7, 11) is -3.41. The van der Waals surface area contributed by atoms with Crippen LogP contribution in [0.2, 0.25) is 0 Å². The van der Waals surface area contributed by atoms with Gasteiger partial charge in [0.1, 0.15) is 12.1 Å². The van der Waals surface area contributed by atoms with Crippen molar-refractivity contribution in [1.29, 1.82) is 0 Å².